The van der Waals surface area contributed by atoms with Crippen molar-refractivity contribution in [3.8, 4) is 5.75 Å². The molecule has 1 atom stereocenters. The van der Waals surface area contributed by atoms with Crippen LogP contribution in [0, 0.1) is 0 Å². The molecule has 1 aliphatic heterocycles. The summed E-state index contributed by atoms with van der Waals surface area (Å²) in [5.41, 5.74) is 3.30. The van der Waals surface area contributed by atoms with Gasteiger partial charge in [-0.3, -0.25) is 4.79 Å². The van der Waals surface area contributed by atoms with Gasteiger partial charge in [-0.15, -0.1) is 0 Å². The summed E-state index contributed by atoms with van der Waals surface area (Å²) in [7, 11) is 0. The van der Waals surface area contributed by atoms with Crippen LogP contribution in [0.4, 0.5) is 11.4 Å². The predicted octanol–water partition coefficient (Wildman–Crippen LogP) is 2.25. The fourth-order valence-corrected chi connectivity index (χ4v) is 3.48. The maximum atomic E-state index is 12.4. The summed E-state index contributed by atoms with van der Waals surface area (Å²) in [5.74, 6) is 0.903. The molecule has 1 saturated heterocycles. The number of piperazine rings is 1. The minimum absolute atomic E-state index is 0.0689. The Labute approximate surface area is 161 Å². The van der Waals surface area contributed by atoms with Crippen LogP contribution in [0.15, 0.2) is 48.5 Å². The van der Waals surface area contributed by atoms with Crippen molar-refractivity contribution in [2.24, 2.45) is 0 Å². The number of anilines is 2. The van der Waals surface area contributed by atoms with Crippen molar-refractivity contribution >= 4 is 17.3 Å². The van der Waals surface area contributed by atoms with Gasteiger partial charge in [-0.1, -0.05) is 26.0 Å². The highest BCUT2D eigenvalue weighted by atomic mass is 16.3. The minimum Gasteiger partial charge on any atom is -0.508 e. The van der Waals surface area contributed by atoms with Crippen LogP contribution in [-0.2, 0) is 4.79 Å². The van der Waals surface area contributed by atoms with Gasteiger partial charge < -0.3 is 20.2 Å². The summed E-state index contributed by atoms with van der Waals surface area (Å²) < 4.78 is 0. The summed E-state index contributed by atoms with van der Waals surface area (Å²) in [4.78, 5) is 16.0. The van der Waals surface area contributed by atoms with Crippen molar-refractivity contribution in [2.45, 2.75) is 26.2 Å². The summed E-state index contributed by atoms with van der Waals surface area (Å²) in [6, 6.07) is 15.5. The molecule has 144 valence electrons. The van der Waals surface area contributed by atoms with Crippen molar-refractivity contribution in [3.63, 3.8) is 0 Å². The number of carbonyl (C=O) groups excluding carboxylic acids is 1. The summed E-state index contributed by atoms with van der Waals surface area (Å²) in [6.45, 7) is 8.59. The van der Waals surface area contributed by atoms with E-state index in [9.17, 15) is 9.90 Å². The largest absolute Gasteiger partial charge is 0.508 e. The normalized spacial score (nSPS) is 16.1. The number of aromatic hydroxyl groups is 1. The monoisotopic (exact) mass is 368 g/mol. The van der Waals surface area contributed by atoms with Crippen LogP contribution in [0.3, 0.4) is 0 Å². The molecule has 0 aromatic heterocycles. The summed E-state index contributed by atoms with van der Waals surface area (Å²) in [6.07, 6.45) is 1.12. The molecular weight excluding hydrogens is 338 g/mol. The fourth-order valence-electron chi connectivity index (χ4n) is 3.48. The number of nitrogens with zero attached hydrogens (tertiary/aromatic N) is 1. The zero-order valence-corrected chi connectivity index (χ0v) is 16.2. The first-order valence-electron chi connectivity index (χ1n) is 9.82. The number of hydrogen-bond donors (Lipinski definition) is 3. The van der Waals surface area contributed by atoms with E-state index in [1.807, 2.05) is 24.3 Å². The quantitative estimate of drug-likeness (QED) is 0.733. The van der Waals surface area contributed by atoms with Gasteiger partial charge in [0.2, 0.25) is 0 Å². The SMILES string of the molecule is CC[C@H](C)c1ccc(NC(=O)C[NH+]2CCN(c3ccc(O)cc3)CC2)cc1. The van der Waals surface area contributed by atoms with Crippen LogP contribution < -0.4 is 15.1 Å². The number of hydrogen-bond acceptors (Lipinski definition) is 3. The van der Waals surface area contributed by atoms with E-state index < -0.39 is 0 Å². The zero-order valence-electron chi connectivity index (χ0n) is 16.2. The van der Waals surface area contributed by atoms with E-state index in [2.05, 4.69) is 36.2 Å². The van der Waals surface area contributed by atoms with E-state index in [4.69, 9.17) is 0 Å². The van der Waals surface area contributed by atoms with Crippen LogP contribution in [0.2, 0.25) is 0 Å². The second-order valence-corrected chi connectivity index (χ2v) is 7.41. The van der Waals surface area contributed by atoms with Gasteiger partial charge in [0.1, 0.15) is 5.75 Å². The first kappa shape index (κ1) is 19.2. The molecule has 0 aliphatic carbocycles. The zero-order chi connectivity index (χ0) is 19.2. The highest BCUT2D eigenvalue weighted by Gasteiger charge is 2.22. The second-order valence-electron chi connectivity index (χ2n) is 7.41. The lowest BCUT2D eigenvalue weighted by Crippen LogP contribution is -3.15. The Kier molecular flexibility index (Phi) is 6.35. The molecule has 2 aromatic rings. The highest BCUT2D eigenvalue weighted by Crippen LogP contribution is 2.20. The van der Waals surface area contributed by atoms with Crippen molar-refractivity contribution < 1.29 is 14.8 Å². The number of phenolic OH excluding ortho intramolecular Hbond substituents is 1. The minimum atomic E-state index is 0.0689. The molecule has 0 spiro atoms. The Bertz CT molecular complexity index is 735. The maximum Gasteiger partial charge on any atom is 0.279 e. The van der Waals surface area contributed by atoms with E-state index in [0.29, 0.717) is 12.5 Å². The fraction of sp³-hybridized carbons (Fsp3) is 0.409. The Morgan fingerprint density at radius 3 is 2.33 bits per heavy atom. The molecule has 27 heavy (non-hydrogen) atoms. The third-order valence-electron chi connectivity index (χ3n) is 5.47. The molecule has 1 aliphatic rings. The van der Waals surface area contributed by atoms with Gasteiger partial charge in [-0.2, -0.15) is 0 Å². The van der Waals surface area contributed by atoms with E-state index in [0.717, 1.165) is 44.0 Å². The Morgan fingerprint density at radius 1 is 1.11 bits per heavy atom. The van der Waals surface area contributed by atoms with Crippen LogP contribution in [-0.4, -0.2) is 43.7 Å². The molecule has 0 saturated carbocycles. The first-order chi connectivity index (χ1) is 13.0. The topological polar surface area (TPSA) is 57.0 Å². The Balaban J connectivity index is 1.46. The molecule has 1 amide bonds. The van der Waals surface area contributed by atoms with E-state index in [1.165, 1.54) is 10.5 Å². The van der Waals surface area contributed by atoms with Gasteiger partial charge in [-0.05, 0) is 54.3 Å². The number of nitrogens with one attached hydrogen (secondary N) is 2. The van der Waals surface area contributed by atoms with Crippen molar-refractivity contribution in [3.05, 3.63) is 54.1 Å². The maximum absolute atomic E-state index is 12.4. The third kappa shape index (κ3) is 5.23. The summed E-state index contributed by atoms with van der Waals surface area (Å²) >= 11 is 0. The number of rotatable bonds is 6. The molecule has 3 rings (SSSR count). The predicted molar refractivity (Wildman–Crippen MR) is 110 cm³/mol. The van der Waals surface area contributed by atoms with Gasteiger partial charge >= 0.3 is 0 Å². The molecule has 1 fully saturated rings. The van der Waals surface area contributed by atoms with Gasteiger partial charge in [-0.25, -0.2) is 0 Å². The van der Waals surface area contributed by atoms with Crippen molar-refractivity contribution in [2.75, 3.05) is 42.9 Å². The van der Waals surface area contributed by atoms with E-state index in [1.54, 1.807) is 12.1 Å². The molecule has 5 heteroatoms. The van der Waals surface area contributed by atoms with E-state index in [-0.39, 0.29) is 11.7 Å². The number of carbonyl (C=O) groups is 1. The van der Waals surface area contributed by atoms with Gasteiger partial charge in [0.15, 0.2) is 6.54 Å². The van der Waals surface area contributed by atoms with Crippen molar-refractivity contribution in [1.29, 1.82) is 0 Å². The Morgan fingerprint density at radius 2 is 1.74 bits per heavy atom. The average Bonchev–Trinajstić information content (AvgIpc) is 2.69. The molecule has 5 nitrogen and oxygen atoms in total. The number of amides is 1. The lowest BCUT2D eigenvalue weighted by atomic mass is 9.99. The Hall–Kier alpha value is -2.53. The van der Waals surface area contributed by atoms with Crippen molar-refractivity contribution in [1.82, 2.24) is 0 Å². The first-order valence-corrected chi connectivity index (χ1v) is 9.82. The van der Waals surface area contributed by atoms with Gasteiger partial charge in [0.25, 0.3) is 5.91 Å². The van der Waals surface area contributed by atoms with Crippen LogP contribution >= 0.6 is 0 Å². The number of benzene rings is 2. The third-order valence-corrected chi connectivity index (χ3v) is 5.47. The lowest BCUT2D eigenvalue weighted by Gasteiger charge is -2.33. The van der Waals surface area contributed by atoms with Crippen LogP contribution in [0.1, 0.15) is 31.7 Å². The summed E-state index contributed by atoms with van der Waals surface area (Å²) in [5, 5.41) is 12.4. The van der Waals surface area contributed by atoms with Crippen LogP contribution in [0.25, 0.3) is 0 Å². The van der Waals surface area contributed by atoms with Gasteiger partial charge in [0.05, 0.1) is 26.2 Å². The molecule has 0 bridgehead atoms. The molecule has 3 N–H and O–H groups in total. The molecule has 0 unspecified atom stereocenters. The standard InChI is InChI=1S/C22H29N3O2/c1-3-17(2)18-4-6-19(7-5-18)23-22(27)16-24-12-14-25(15-13-24)20-8-10-21(26)11-9-20/h4-11,17,26H,3,12-16H2,1-2H3,(H,23,27)/p+1/t17-/m0/s1. The molecule has 1 heterocycles. The highest BCUT2D eigenvalue weighted by molar-refractivity contribution is 5.91. The molecule has 0 radical (unpaired) electrons. The molecule has 2 aromatic carbocycles. The lowest BCUT2D eigenvalue weighted by molar-refractivity contribution is -0.892. The van der Waals surface area contributed by atoms with Crippen LogP contribution in [0.5, 0.6) is 5.75 Å². The smallest absolute Gasteiger partial charge is 0.279 e. The van der Waals surface area contributed by atoms with Gasteiger partial charge in [0, 0.05) is 11.4 Å². The number of phenols is 1. The number of quaternary nitrogens is 1. The second kappa shape index (κ2) is 8.91. The average molecular weight is 369 g/mol. The molecular formula is C22H30N3O2+. The van der Waals surface area contributed by atoms with E-state index >= 15 is 0 Å².